The first-order chi connectivity index (χ1) is 14.6. The zero-order valence-corrected chi connectivity index (χ0v) is 17.5. The van der Waals surface area contributed by atoms with Crippen molar-refractivity contribution in [3.8, 4) is 0 Å². The average molecular weight is 424 g/mol. The lowest BCUT2D eigenvalue weighted by molar-refractivity contribution is -0.119. The van der Waals surface area contributed by atoms with Crippen LogP contribution in [-0.2, 0) is 16.1 Å². The normalized spacial score (nSPS) is 19.4. The molecule has 0 spiro atoms. The number of primary amides is 1. The molecule has 30 heavy (non-hydrogen) atoms. The number of benzene rings is 2. The Morgan fingerprint density at radius 1 is 1.07 bits per heavy atom. The first-order valence-electron chi connectivity index (χ1n) is 10.0. The molecule has 2 aromatic carbocycles. The van der Waals surface area contributed by atoms with Crippen molar-refractivity contribution >= 4 is 40.7 Å². The molecule has 2 amide bonds. The van der Waals surface area contributed by atoms with Gasteiger partial charge in [0, 0.05) is 43.2 Å². The van der Waals surface area contributed by atoms with Crippen LogP contribution in [0.1, 0.15) is 12.0 Å². The summed E-state index contributed by atoms with van der Waals surface area (Å²) in [6.45, 7) is 2.89. The van der Waals surface area contributed by atoms with E-state index in [0.717, 1.165) is 48.1 Å². The molecule has 0 aliphatic carbocycles. The molecule has 0 saturated carbocycles. The zero-order valence-electron chi connectivity index (χ0n) is 16.7. The van der Waals surface area contributed by atoms with Crippen molar-refractivity contribution in [2.24, 2.45) is 10.8 Å². The molecule has 0 radical (unpaired) electrons. The number of nitrogens with zero attached hydrogens (tertiary/aromatic N) is 3. The van der Waals surface area contributed by atoms with E-state index >= 15 is 0 Å². The van der Waals surface area contributed by atoms with E-state index in [1.54, 1.807) is 0 Å². The number of anilines is 2. The fourth-order valence-corrected chi connectivity index (χ4v) is 4.64. The summed E-state index contributed by atoms with van der Waals surface area (Å²) in [6, 6.07) is 16.4. The first-order valence-corrected chi connectivity index (χ1v) is 11.2. The highest BCUT2D eigenvalue weighted by Crippen LogP contribution is 2.25. The van der Waals surface area contributed by atoms with Crippen LogP contribution in [0.2, 0.25) is 0 Å². The number of para-hydroxylation sites is 2. The predicted octanol–water partition coefficient (Wildman–Crippen LogP) is 2.29. The number of hydrogen-bond donors (Lipinski definition) is 2. The third-order valence-electron chi connectivity index (χ3n) is 5.28. The van der Waals surface area contributed by atoms with E-state index < -0.39 is 11.9 Å². The van der Waals surface area contributed by atoms with Crippen molar-refractivity contribution in [3.05, 3.63) is 60.2 Å². The van der Waals surface area contributed by atoms with Crippen LogP contribution in [-0.4, -0.2) is 53.1 Å². The topological polar surface area (TPSA) is 91.0 Å². The molecular weight excluding hydrogens is 398 g/mol. The third-order valence-corrected chi connectivity index (χ3v) is 6.23. The minimum absolute atomic E-state index is 0.182. The van der Waals surface area contributed by atoms with E-state index in [1.807, 2.05) is 66.4 Å². The van der Waals surface area contributed by atoms with Crippen LogP contribution in [0.3, 0.4) is 0 Å². The van der Waals surface area contributed by atoms with Crippen molar-refractivity contribution in [2.45, 2.75) is 19.0 Å². The van der Waals surface area contributed by atoms with E-state index in [0.29, 0.717) is 5.71 Å². The molecule has 2 heterocycles. The second-order valence-electron chi connectivity index (χ2n) is 7.35. The number of hydrogen-bond acceptors (Lipinski definition) is 6. The van der Waals surface area contributed by atoms with E-state index in [-0.39, 0.29) is 12.3 Å². The number of carbonyl (C=O) groups excluding carboxylic acids is 2. The quantitative estimate of drug-likeness (QED) is 0.744. The van der Waals surface area contributed by atoms with Gasteiger partial charge in [0.25, 0.3) is 5.91 Å². The number of hydrazone groups is 1. The molecule has 2 aliphatic heterocycles. The van der Waals surface area contributed by atoms with Crippen LogP contribution >= 0.6 is 11.8 Å². The van der Waals surface area contributed by atoms with Gasteiger partial charge in [-0.3, -0.25) is 19.5 Å². The monoisotopic (exact) mass is 423 g/mol. The Bertz CT molecular complexity index is 944. The highest BCUT2D eigenvalue weighted by atomic mass is 32.2. The van der Waals surface area contributed by atoms with Crippen LogP contribution in [0.15, 0.2) is 59.7 Å². The number of nitrogens with one attached hydrogen (secondary N) is 1. The van der Waals surface area contributed by atoms with Crippen molar-refractivity contribution in [1.82, 2.24) is 4.90 Å². The van der Waals surface area contributed by atoms with Gasteiger partial charge in [0.2, 0.25) is 5.91 Å². The van der Waals surface area contributed by atoms with Gasteiger partial charge in [0.1, 0.15) is 11.8 Å². The third kappa shape index (κ3) is 4.66. The van der Waals surface area contributed by atoms with Gasteiger partial charge in [-0.25, -0.2) is 0 Å². The smallest absolute Gasteiger partial charge is 0.271 e. The first kappa shape index (κ1) is 20.4. The molecule has 4 rings (SSSR count). The van der Waals surface area contributed by atoms with Crippen LogP contribution in [0.25, 0.3) is 0 Å². The molecule has 8 heteroatoms. The molecule has 0 aromatic heterocycles. The van der Waals surface area contributed by atoms with E-state index in [1.165, 1.54) is 5.01 Å². The summed E-state index contributed by atoms with van der Waals surface area (Å²) >= 11 is 1.97. The molecule has 156 valence electrons. The maximum atomic E-state index is 13.0. The van der Waals surface area contributed by atoms with E-state index in [4.69, 9.17) is 5.73 Å². The summed E-state index contributed by atoms with van der Waals surface area (Å²) < 4.78 is 0. The van der Waals surface area contributed by atoms with Gasteiger partial charge in [-0.2, -0.15) is 16.9 Å². The van der Waals surface area contributed by atoms with Crippen LogP contribution < -0.4 is 16.1 Å². The van der Waals surface area contributed by atoms with E-state index in [9.17, 15) is 9.59 Å². The van der Waals surface area contributed by atoms with Crippen LogP contribution in [0.4, 0.5) is 11.4 Å². The number of amides is 2. The van der Waals surface area contributed by atoms with Crippen molar-refractivity contribution in [3.63, 3.8) is 0 Å². The fraction of sp³-hybridized carbons (Fsp3) is 0.318. The Hall–Kier alpha value is -2.84. The Kier molecular flexibility index (Phi) is 6.35. The summed E-state index contributed by atoms with van der Waals surface area (Å²) in [5, 5.41) is 8.96. The molecule has 7 nitrogen and oxygen atoms in total. The summed E-state index contributed by atoms with van der Waals surface area (Å²) in [7, 11) is 0. The van der Waals surface area contributed by atoms with Gasteiger partial charge >= 0.3 is 0 Å². The van der Waals surface area contributed by atoms with Crippen molar-refractivity contribution in [1.29, 1.82) is 0 Å². The van der Waals surface area contributed by atoms with Gasteiger partial charge in [0.15, 0.2) is 0 Å². The lowest BCUT2D eigenvalue weighted by atomic mass is 10.1. The molecule has 1 unspecified atom stereocenters. The van der Waals surface area contributed by atoms with Crippen LogP contribution in [0.5, 0.6) is 0 Å². The van der Waals surface area contributed by atoms with Crippen molar-refractivity contribution < 1.29 is 9.59 Å². The Morgan fingerprint density at radius 3 is 2.50 bits per heavy atom. The Balaban J connectivity index is 1.50. The molecule has 2 aliphatic rings. The average Bonchev–Trinajstić information content (AvgIpc) is 3.23. The summed E-state index contributed by atoms with van der Waals surface area (Å²) in [5.74, 6) is 1.46. The molecule has 3 N–H and O–H groups in total. The Morgan fingerprint density at radius 2 is 1.77 bits per heavy atom. The minimum Gasteiger partial charge on any atom is -0.368 e. The molecule has 2 aromatic rings. The van der Waals surface area contributed by atoms with Gasteiger partial charge in [-0.15, -0.1) is 0 Å². The molecule has 0 bridgehead atoms. The number of rotatable bonds is 6. The summed E-state index contributed by atoms with van der Waals surface area (Å²) in [5.41, 5.74) is 8.45. The largest absolute Gasteiger partial charge is 0.368 e. The second kappa shape index (κ2) is 9.32. The molecule has 1 atom stereocenters. The van der Waals surface area contributed by atoms with Gasteiger partial charge < -0.3 is 11.1 Å². The zero-order chi connectivity index (χ0) is 20.9. The van der Waals surface area contributed by atoms with Crippen molar-refractivity contribution in [2.75, 3.05) is 34.9 Å². The second-order valence-corrected chi connectivity index (χ2v) is 8.57. The van der Waals surface area contributed by atoms with Gasteiger partial charge in [0.05, 0.1) is 5.69 Å². The highest BCUT2D eigenvalue weighted by Gasteiger charge is 2.35. The maximum Gasteiger partial charge on any atom is 0.271 e. The highest BCUT2D eigenvalue weighted by molar-refractivity contribution is 7.99. The standard InChI is InChI=1S/C22H25N5O2S/c23-21(28)20-14-19(25-27(20)17-7-2-1-3-8-17)22(29)24-18-9-5-4-6-16(18)15-26-10-12-30-13-11-26/h1-9,20H,10-15H2,(H2,23,28)(H,24,29). The minimum atomic E-state index is -0.672. The lowest BCUT2D eigenvalue weighted by Gasteiger charge is -2.27. The molecule has 1 fully saturated rings. The van der Waals surface area contributed by atoms with Crippen LogP contribution in [0, 0.1) is 0 Å². The molecule has 1 saturated heterocycles. The number of nitrogens with two attached hydrogens (primary N) is 1. The number of thioether (sulfide) groups is 1. The van der Waals surface area contributed by atoms with Gasteiger partial charge in [-0.1, -0.05) is 36.4 Å². The predicted molar refractivity (Wildman–Crippen MR) is 122 cm³/mol. The van der Waals surface area contributed by atoms with E-state index in [2.05, 4.69) is 15.3 Å². The Labute approximate surface area is 180 Å². The SMILES string of the molecule is NC(=O)C1CC(C(=O)Nc2ccccc2CN2CCSCC2)=NN1c1ccccc1. The summed E-state index contributed by atoms with van der Waals surface area (Å²) in [4.78, 5) is 27.3. The maximum absolute atomic E-state index is 13.0. The van der Waals surface area contributed by atoms with Gasteiger partial charge in [-0.05, 0) is 23.8 Å². The fourth-order valence-electron chi connectivity index (χ4n) is 3.66. The number of carbonyl (C=O) groups is 2. The lowest BCUT2D eigenvalue weighted by Crippen LogP contribution is -2.39. The molecular formula is C22H25N5O2S. The summed E-state index contributed by atoms with van der Waals surface area (Å²) in [6.07, 6.45) is 0.182.